The summed E-state index contributed by atoms with van der Waals surface area (Å²) in [5.74, 6) is 1.09. The van der Waals surface area contributed by atoms with Gasteiger partial charge in [-0.2, -0.15) is 5.10 Å². The van der Waals surface area contributed by atoms with E-state index in [1.165, 1.54) is 11.3 Å². The molecule has 0 unspecified atom stereocenters. The van der Waals surface area contributed by atoms with Crippen LogP contribution in [0.4, 0.5) is 0 Å². The fraction of sp³-hybridized carbons (Fsp3) is 0.333. The van der Waals surface area contributed by atoms with E-state index in [0.717, 1.165) is 32.7 Å². The summed E-state index contributed by atoms with van der Waals surface area (Å²) in [5.41, 5.74) is 2.70. The second-order valence-electron chi connectivity index (χ2n) is 5.09. The number of rotatable bonds is 4. The molecule has 0 atom stereocenters. The van der Waals surface area contributed by atoms with Crippen molar-refractivity contribution in [3.8, 4) is 16.3 Å². The van der Waals surface area contributed by atoms with Crippen LogP contribution < -0.4 is 4.74 Å². The maximum Gasteiger partial charge on any atom is 0.213 e. The van der Waals surface area contributed by atoms with E-state index < -0.39 is 0 Å². The van der Waals surface area contributed by atoms with Gasteiger partial charge < -0.3 is 9.84 Å². The van der Waals surface area contributed by atoms with Crippen molar-refractivity contribution in [2.75, 3.05) is 7.11 Å². The first-order chi connectivity index (χ1) is 10.1. The monoisotopic (exact) mass is 303 g/mol. The number of aromatic nitrogens is 3. The second kappa shape index (κ2) is 5.46. The Hall–Kier alpha value is -1.92. The molecule has 0 saturated carbocycles. The highest BCUT2D eigenvalue weighted by atomic mass is 32.1. The lowest BCUT2D eigenvalue weighted by atomic mass is 10.1. The third-order valence-corrected chi connectivity index (χ3v) is 4.32. The molecule has 6 heteroatoms. The Bertz CT molecular complexity index is 759. The summed E-state index contributed by atoms with van der Waals surface area (Å²) < 4.78 is 6.91. The maximum atomic E-state index is 9.59. The van der Waals surface area contributed by atoms with Gasteiger partial charge in [0.05, 0.1) is 25.1 Å². The van der Waals surface area contributed by atoms with Crippen LogP contribution in [0.2, 0.25) is 0 Å². The van der Waals surface area contributed by atoms with Crippen LogP contribution in [0.25, 0.3) is 15.5 Å². The van der Waals surface area contributed by atoms with Gasteiger partial charge in [-0.15, -0.1) is 0 Å². The molecular weight excluding hydrogens is 286 g/mol. The van der Waals surface area contributed by atoms with Crippen molar-refractivity contribution < 1.29 is 9.84 Å². The summed E-state index contributed by atoms with van der Waals surface area (Å²) in [7, 11) is 1.65. The van der Waals surface area contributed by atoms with Crippen molar-refractivity contribution in [3.63, 3.8) is 0 Å². The van der Waals surface area contributed by atoms with Crippen LogP contribution in [-0.2, 0) is 6.61 Å². The van der Waals surface area contributed by atoms with E-state index in [9.17, 15) is 5.11 Å². The number of aliphatic hydroxyl groups excluding tert-OH is 1. The highest BCUT2D eigenvalue weighted by Crippen LogP contribution is 2.30. The zero-order chi connectivity index (χ0) is 15.0. The van der Waals surface area contributed by atoms with Gasteiger partial charge in [-0.25, -0.2) is 9.50 Å². The topological polar surface area (TPSA) is 59.7 Å². The van der Waals surface area contributed by atoms with Crippen LogP contribution in [0.3, 0.4) is 0 Å². The number of hydrogen-bond donors (Lipinski definition) is 1. The maximum absolute atomic E-state index is 9.59. The Labute approximate surface area is 126 Å². The molecular formula is C15H17N3O2S. The number of hydrogen-bond acceptors (Lipinski definition) is 5. The van der Waals surface area contributed by atoms with E-state index in [1.54, 1.807) is 11.6 Å². The Morgan fingerprint density at radius 3 is 2.57 bits per heavy atom. The molecule has 0 aliphatic heterocycles. The van der Waals surface area contributed by atoms with Gasteiger partial charge in [-0.05, 0) is 30.2 Å². The molecule has 0 fully saturated rings. The second-order valence-corrected chi connectivity index (χ2v) is 6.04. The van der Waals surface area contributed by atoms with Crippen LogP contribution in [0, 0.1) is 0 Å². The lowest BCUT2D eigenvalue weighted by Gasteiger charge is -2.03. The number of nitrogens with zero attached hydrogens (tertiary/aromatic N) is 3. The van der Waals surface area contributed by atoms with Crippen LogP contribution in [-0.4, -0.2) is 26.8 Å². The molecule has 1 aromatic carbocycles. The van der Waals surface area contributed by atoms with E-state index in [2.05, 4.69) is 23.9 Å². The third-order valence-electron chi connectivity index (χ3n) is 3.36. The molecule has 0 saturated heterocycles. The quantitative estimate of drug-likeness (QED) is 0.804. The van der Waals surface area contributed by atoms with Gasteiger partial charge in [-0.1, -0.05) is 25.2 Å². The molecule has 3 aromatic rings. The molecule has 1 N–H and O–H groups in total. The summed E-state index contributed by atoms with van der Waals surface area (Å²) in [6, 6.07) is 7.76. The summed E-state index contributed by atoms with van der Waals surface area (Å²) in [4.78, 5) is 5.41. The molecule has 3 rings (SSSR count). The molecule has 0 aliphatic rings. The van der Waals surface area contributed by atoms with Gasteiger partial charge in [0, 0.05) is 5.56 Å². The van der Waals surface area contributed by atoms with Crippen LogP contribution in [0.5, 0.6) is 5.75 Å². The number of ether oxygens (including phenoxy) is 1. The summed E-state index contributed by atoms with van der Waals surface area (Å²) in [6.07, 6.45) is 0. The zero-order valence-electron chi connectivity index (χ0n) is 12.2. The van der Waals surface area contributed by atoms with Crippen LogP contribution in [0.1, 0.15) is 31.2 Å². The van der Waals surface area contributed by atoms with Crippen molar-refractivity contribution in [1.82, 2.24) is 14.6 Å². The summed E-state index contributed by atoms with van der Waals surface area (Å²) >= 11 is 1.52. The van der Waals surface area contributed by atoms with Gasteiger partial charge in [0.1, 0.15) is 10.8 Å². The number of aliphatic hydroxyl groups is 1. The van der Waals surface area contributed by atoms with Gasteiger partial charge in [-0.3, -0.25) is 0 Å². The fourth-order valence-corrected chi connectivity index (χ4v) is 3.20. The molecule has 0 bridgehead atoms. The van der Waals surface area contributed by atoms with Gasteiger partial charge in [0.25, 0.3) is 0 Å². The molecule has 2 aromatic heterocycles. The average Bonchev–Trinajstić information content (AvgIpc) is 3.04. The molecule has 21 heavy (non-hydrogen) atoms. The van der Waals surface area contributed by atoms with Gasteiger partial charge in [0.2, 0.25) is 4.96 Å². The zero-order valence-corrected chi connectivity index (χ0v) is 13.0. The predicted octanol–water partition coefficient (Wildman–Crippen LogP) is 3.08. The molecule has 0 radical (unpaired) electrons. The van der Waals surface area contributed by atoms with E-state index in [-0.39, 0.29) is 12.5 Å². The van der Waals surface area contributed by atoms with E-state index in [0.29, 0.717) is 0 Å². The lowest BCUT2D eigenvalue weighted by Crippen LogP contribution is -1.99. The van der Waals surface area contributed by atoms with Gasteiger partial charge >= 0.3 is 0 Å². The highest BCUT2D eigenvalue weighted by molar-refractivity contribution is 7.19. The average molecular weight is 303 g/mol. The molecule has 0 spiro atoms. The third kappa shape index (κ3) is 2.41. The van der Waals surface area contributed by atoms with Crippen molar-refractivity contribution in [3.05, 3.63) is 35.7 Å². The largest absolute Gasteiger partial charge is 0.497 e. The molecule has 0 aliphatic carbocycles. The van der Waals surface area contributed by atoms with E-state index in [4.69, 9.17) is 4.74 Å². The van der Waals surface area contributed by atoms with E-state index >= 15 is 0 Å². The SMILES string of the molecule is COc1ccc(-c2nn3c(CO)c(C(C)C)nc3s2)cc1. The number of imidazole rings is 1. The summed E-state index contributed by atoms with van der Waals surface area (Å²) in [5, 5.41) is 15.1. The Morgan fingerprint density at radius 1 is 1.29 bits per heavy atom. The van der Waals surface area contributed by atoms with Crippen molar-refractivity contribution in [1.29, 1.82) is 0 Å². The summed E-state index contributed by atoms with van der Waals surface area (Å²) in [6.45, 7) is 4.08. The fourth-order valence-electron chi connectivity index (χ4n) is 2.27. The van der Waals surface area contributed by atoms with Crippen molar-refractivity contribution >= 4 is 16.3 Å². The molecule has 2 heterocycles. The molecule has 0 amide bonds. The lowest BCUT2D eigenvalue weighted by molar-refractivity contribution is 0.272. The van der Waals surface area contributed by atoms with Crippen LogP contribution in [0.15, 0.2) is 24.3 Å². The minimum atomic E-state index is -0.0551. The predicted molar refractivity (Wildman–Crippen MR) is 82.9 cm³/mol. The van der Waals surface area contributed by atoms with Gasteiger partial charge in [0.15, 0.2) is 0 Å². The number of fused-ring (bicyclic) bond motifs is 1. The normalized spacial score (nSPS) is 11.5. The first-order valence-electron chi connectivity index (χ1n) is 6.77. The molecule has 5 nitrogen and oxygen atoms in total. The van der Waals surface area contributed by atoms with Crippen LogP contribution >= 0.6 is 11.3 Å². The Balaban J connectivity index is 2.06. The Kier molecular flexibility index (Phi) is 3.65. The minimum absolute atomic E-state index is 0.0551. The standard InChI is InChI=1S/C15H17N3O2S/c1-9(2)13-12(8-19)18-15(16-13)21-14(17-18)10-4-6-11(20-3)7-5-10/h4-7,9,19H,8H2,1-3H3. The van der Waals surface area contributed by atoms with E-state index in [1.807, 2.05) is 24.3 Å². The number of methoxy groups -OCH3 is 1. The first-order valence-corrected chi connectivity index (χ1v) is 7.59. The smallest absolute Gasteiger partial charge is 0.213 e. The number of benzene rings is 1. The van der Waals surface area contributed by atoms with Crippen molar-refractivity contribution in [2.45, 2.75) is 26.4 Å². The Morgan fingerprint density at radius 2 is 2.00 bits per heavy atom. The highest BCUT2D eigenvalue weighted by Gasteiger charge is 2.18. The first kappa shape index (κ1) is 14.0. The van der Waals surface area contributed by atoms with Crippen molar-refractivity contribution in [2.24, 2.45) is 0 Å². The molecule has 110 valence electrons. The minimum Gasteiger partial charge on any atom is -0.497 e.